The second-order valence-corrected chi connectivity index (χ2v) is 6.83. The van der Waals surface area contributed by atoms with Crippen molar-refractivity contribution >= 4 is 37.4 Å². The van der Waals surface area contributed by atoms with Crippen molar-refractivity contribution in [2.24, 2.45) is 5.92 Å². The van der Waals surface area contributed by atoms with Crippen molar-refractivity contribution in [2.75, 3.05) is 0 Å². The summed E-state index contributed by atoms with van der Waals surface area (Å²) in [7, 11) is 0. The average molecular weight is 393 g/mol. The number of benzene rings is 1. The number of aromatic nitrogens is 2. The zero-order valence-corrected chi connectivity index (χ0v) is 13.1. The van der Waals surface area contributed by atoms with E-state index in [1.54, 1.807) is 0 Å². The molecule has 0 bridgehead atoms. The van der Waals surface area contributed by atoms with Gasteiger partial charge in [-0.2, -0.15) is 0 Å². The first kappa shape index (κ1) is 14.2. The van der Waals surface area contributed by atoms with Gasteiger partial charge in [0.2, 0.25) is 0 Å². The fourth-order valence-electron chi connectivity index (χ4n) is 2.76. The van der Waals surface area contributed by atoms with Crippen LogP contribution in [0.15, 0.2) is 12.1 Å². The van der Waals surface area contributed by atoms with Crippen molar-refractivity contribution in [3.05, 3.63) is 23.6 Å². The van der Waals surface area contributed by atoms with Crippen molar-refractivity contribution in [3.63, 3.8) is 0 Å². The van der Waals surface area contributed by atoms with Gasteiger partial charge in [0.1, 0.15) is 0 Å². The topological polar surface area (TPSA) is 17.8 Å². The van der Waals surface area contributed by atoms with E-state index in [9.17, 15) is 17.6 Å². The standard InChI is InChI=1S/C13H11F4N2.Sb/c1-7-5-8(6-7)19-11-9(12(14)18-19)3-2-4-10(11)13(15,16)17;/h3-4,7-8H,5-6H2,1H3;. The van der Waals surface area contributed by atoms with E-state index in [1.807, 2.05) is 6.92 Å². The van der Waals surface area contributed by atoms with Crippen molar-refractivity contribution in [3.8, 4) is 0 Å². The first-order chi connectivity index (χ1) is 9.27. The zero-order chi connectivity index (χ0) is 14.7. The van der Waals surface area contributed by atoms with Crippen molar-refractivity contribution in [2.45, 2.75) is 32.0 Å². The van der Waals surface area contributed by atoms with Gasteiger partial charge in [-0.25, -0.2) is 0 Å². The molecule has 3 rings (SSSR count). The summed E-state index contributed by atoms with van der Waals surface area (Å²) in [5, 5.41) is 3.68. The minimum atomic E-state index is -4.50. The van der Waals surface area contributed by atoms with Crippen LogP contribution in [0.4, 0.5) is 17.6 Å². The number of fused-ring (bicyclic) bond motifs is 1. The third-order valence-electron chi connectivity index (χ3n) is 3.74. The predicted molar refractivity (Wildman–Crippen MR) is 67.5 cm³/mol. The molecule has 1 aromatic heterocycles. The summed E-state index contributed by atoms with van der Waals surface area (Å²) >= 11 is 1.13. The van der Waals surface area contributed by atoms with Gasteiger partial charge >= 0.3 is 126 Å². The predicted octanol–water partition coefficient (Wildman–Crippen LogP) is 2.96. The summed E-state index contributed by atoms with van der Waals surface area (Å²) in [5.41, 5.74) is -0.909. The number of alkyl halides is 3. The Morgan fingerprint density at radius 2 is 1.95 bits per heavy atom. The zero-order valence-electron chi connectivity index (χ0n) is 10.6. The van der Waals surface area contributed by atoms with Crippen LogP contribution in [0.2, 0.25) is 0 Å². The summed E-state index contributed by atoms with van der Waals surface area (Å²) in [5.74, 6) is -0.368. The van der Waals surface area contributed by atoms with E-state index >= 15 is 0 Å². The van der Waals surface area contributed by atoms with Gasteiger partial charge in [-0.05, 0) is 0 Å². The van der Waals surface area contributed by atoms with Gasteiger partial charge in [-0.3, -0.25) is 0 Å². The number of halogens is 4. The average Bonchev–Trinajstić information content (AvgIpc) is 2.60. The number of hydrogen-bond acceptors (Lipinski definition) is 1. The van der Waals surface area contributed by atoms with E-state index in [4.69, 9.17) is 0 Å². The molecule has 1 heterocycles. The molecule has 1 saturated carbocycles. The number of nitrogens with zero attached hydrogens (tertiary/aromatic N) is 2. The van der Waals surface area contributed by atoms with E-state index in [2.05, 4.69) is 5.10 Å². The van der Waals surface area contributed by atoms with Gasteiger partial charge in [-0.15, -0.1) is 0 Å². The van der Waals surface area contributed by atoms with Crippen LogP contribution in [0.25, 0.3) is 10.9 Å². The van der Waals surface area contributed by atoms with Crippen LogP contribution in [-0.4, -0.2) is 32.8 Å². The number of rotatable bonds is 1. The van der Waals surface area contributed by atoms with Crippen LogP contribution in [0, 0.1) is 11.9 Å². The molecule has 2 nitrogen and oxygen atoms in total. The van der Waals surface area contributed by atoms with Gasteiger partial charge in [0.15, 0.2) is 0 Å². The summed E-state index contributed by atoms with van der Waals surface area (Å²) < 4.78 is 55.1. The summed E-state index contributed by atoms with van der Waals surface area (Å²) in [6.07, 6.45) is -3.02. The molecule has 0 atom stereocenters. The van der Waals surface area contributed by atoms with Crippen molar-refractivity contribution < 1.29 is 17.6 Å². The third-order valence-corrected chi connectivity index (χ3v) is 4.48. The molecule has 1 fully saturated rings. The second kappa shape index (κ2) is 4.62. The Morgan fingerprint density at radius 3 is 2.50 bits per heavy atom. The van der Waals surface area contributed by atoms with Crippen LogP contribution in [0.3, 0.4) is 0 Å². The summed E-state index contributed by atoms with van der Waals surface area (Å²) in [6.45, 7) is 2.02. The first-order valence-corrected chi connectivity index (χ1v) is 7.53. The van der Waals surface area contributed by atoms with Gasteiger partial charge in [0, 0.05) is 0 Å². The van der Waals surface area contributed by atoms with Crippen LogP contribution >= 0.6 is 0 Å². The normalized spacial score (nSPS) is 23.1. The molecule has 1 aromatic carbocycles. The molecule has 106 valence electrons. The Labute approximate surface area is 126 Å². The first-order valence-electron chi connectivity index (χ1n) is 6.25. The molecule has 20 heavy (non-hydrogen) atoms. The second-order valence-electron chi connectivity index (χ2n) is 5.35. The van der Waals surface area contributed by atoms with Gasteiger partial charge in [-0.1, -0.05) is 0 Å². The molecule has 7 heteroatoms. The molecule has 1 aliphatic carbocycles. The molecule has 0 spiro atoms. The van der Waals surface area contributed by atoms with Crippen LogP contribution in [-0.2, 0) is 6.18 Å². The fourth-order valence-corrected chi connectivity index (χ4v) is 3.50. The monoisotopic (exact) mass is 392 g/mol. The summed E-state index contributed by atoms with van der Waals surface area (Å²) in [6, 6.07) is 2.39. The van der Waals surface area contributed by atoms with Gasteiger partial charge < -0.3 is 0 Å². The van der Waals surface area contributed by atoms with E-state index in [1.165, 1.54) is 10.7 Å². The van der Waals surface area contributed by atoms with Crippen LogP contribution in [0.5, 0.6) is 0 Å². The molecule has 0 saturated heterocycles. The Morgan fingerprint density at radius 1 is 1.30 bits per heavy atom. The van der Waals surface area contributed by atoms with Gasteiger partial charge in [0.25, 0.3) is 0 Å². The molecule has 0 amide bonds. The molecular formula is C13H11F4N2Sb. The Kier molecular flexibility index (Phi) is 3.27. The molecule has 1 aliphatic rings. The van der Waals surface area contributed by atoms with Gasteiger partial charge in [0.05, 0.1) is 0 Å². The van der Waals surface area contributed by atoms with Crippen molar-refractivity contribution in [1.29, 1.82) is 0 Å². The minimum absolute atomic E-state index is 0.0321. The number of hydrogen-bond donors (Lipinski definition) is 0. The molecule has 0 unspecified atom stereocenters. The Hall–Kier alpha value is -0.772. The Balaban J connectivity index is 2.27. The fraction of sp³-hybridized carbons (Fsp3) is 0.462. The molecule has 0 aliphatic heterocycles. The Bertz CT molecular complexity index is 671. The molecule has 2 radical (unpaired) electrons. The molecule has 2 aromatic rings. The van der Waals surface area contributed by atoms with E-state index in [-0.39, 0.29) is 16.9 Å². The van der Waals surface area contributed by atoms with E-state index in [0.29, 0.717) is 9.43 Å². The SMILES string of the molecule is CC1CC(n2nc(F)c3c[c]([Sb])cc(C(F)(F)F)c32)C1. The van der Waals surface area contributed by atoms with E-state index in [0.717, 1.165) is 41.9 Å². The van der Waals surface area contributed by atoms with Crippen molar-refractivity contribution in [1.82, 2.24) is 9.78 Å². The van der Waals surface area contributed by atoms with Crippen LogP contribution < -0.4 is 3.51 Å². The maximum atomic E-state index is 13.9. The molecular weight excluding hydrogens is 382 g/mol. The third kappa shape index (κ3) is 2.22. The van der Waals surface area contributed by atoms with Crippen LogP contribution in [0.1, 0.15) is 31.4 Å². The maximum absolute atomic E-state index is 13.9. The van der Waals surface area contributed by atoms with E-state index < -0.39 is 17.7 Å². The quantitative estimate of drug-likeness (QED) is 0.539. The molecule has 0 N–H and O–H groups in total. The summed E-state index contributed by atoms with van der Waals surface area (Å²) in [4.78, 5) is 0.